The molecule has 0 radical (unpaired) electrons. The molecule has 5 nitrogen and oxygen atoms in total. The Bertz CT molecular complexity index is 644. The van der Waals surface area contributed by atoms with Gasteiger partial charge in [0.15, 0.2) is 5.82 Å². The van der Waals surface area contributed by atoms with E-state index >= 15 is 0 Å². The number of nitrogens with zero attached hydrogens (tertiary/aromatic N) is 3. The van der Waals surface area contributed by atoms with Crippen molar-refractivity contribution in [2.24, 2.45) is 0 Å². The van der Waals surface area contributed by atoms with Crippen LogP contribution in [0.2, 0.25) is 0 Å². The van der Waals surface area contributed by atoms with E-state index in [2.05, 4.69) is 22.2 Å². The van der Waals surface area contributed by atoms with Gasteiger partial charge < -0.3 is 10.2 Å². The van der Waals surface area contributed by atoms with Gasteiger partial charge in [-0.2, -0.15) is 0 Å². The number of amides is 1. The van der Waals surface area contributed by atoms with Crippen LogP contribution in [0.25, 0.3) is 11.4 Å². The summed E-state index contributed by atoms with van der Waals surface area (Å²) in [5.41, 5.74) is 0.994. The van der Waals surface area contributed by atoms with Crippen LogP contribution in [0.3, 0.4) is 0 Å². The lowest BCUT2D eigenvalue weighted by atomic mass is 10.2. The number of carbonyl (C=O) groups is 1. The lowest BCUT2D eigenvalue weighted by Crippen LogP contribution is -2.35. The lowest BCUT2D eigenvalue weighted by molar-refractivity contribution is -0.127. The van der Waals surface area contributed by atoms with Gasteiger partial charge in [-0.25, -0.2) is 9.97 Å². The molecule has 1 amide bonds. The van der Waals surface area contributed by atoms with Crippen molar-refractivity contribution >= 4 is 11.7 Å². The summed E-state index contributed by atoms with van der Waals surface area (Å²) in [6.07, 6.45) is 3.40. The summed E-state index contributed by atoms with van der Waals surface area (Å²) < 4.78 is 0. The minimum absolute atomic E-state index is 0.153. The number of anilines is 1. The first kappa shape index (κ1) is 14.5. The van der Waals surface area contributed by atoms with Crippen LogP contribution < -0.4 is 5.32 Å². The summed E-state index contributed by atoms with van der Waals surface area (Å²) in [7, 11) is 0. The van der Waals surface area contributed by atoms with Crippen LogP contribution in [0.5, 0.6) is 0 Å². The van der Waals surface area contributed by atoms with E-state index in [0.29, 0.717) is 18.8 Å². The molecule has 0 spiro atoms. The summed E-state index contributed by atoms with van der Waals surface area (Å²) >= 11 is 0. The van der Waals surface area contributed by atoms with E-state index in [4.69, 9.17) is 0 Å². The van der Waals surface area contributed by atoms with Gasteiger partial charge in [-0.3, -0.25) is 4.79 Å². The first-order valence-electron chi connectivity index (χ1n) is 7.65. The largest absolute Gasteiger partial charge is 0.366 e. The number of nitrogens with one attached hydrogen (secondary N) is 1. The van der Waals surface area contributed by atoms with Crippen LogP contribution in [-0.4, -0.2) is 39.9 Å². The average Bonchev–Trinajstić information content (AvgIpc) is 2.93. The molecule has 3 rings (SSSR count). The van der Waals surface area contributed by atoms with E-state index < -0.39 is 0 Å². The topological polar surface area (TPSA) is 58.1 Å². The highest BCUT2D eigenvalue weighted by Gasteiger charge is 2.21. The predicted molar refractivity (Wildman–Crippen MR) is 86.4 cm³/mol. The number of likely N-dealkylation sites (tertiary alicyclic amines) is 1. The molecule has 5 heteroatoms. The summed E-state index contributed by atoms with van der Waals surface area (Å²) in [6, 6.07) is 11.9. The van der Waals surface area contributed by atoms with Crippen molar-refractivity contribution in [1.82, 2.24) is 14.9 Å². The van der Waals surface area contributed by atoms with Gasteiger partial charge in [0, 0.05) is 37.3 Å². The van der Waals surface area contributed by atoms with Crippen molar-refractivity contribution in [3.05, 3.63) is 42.6 Å². The summed E-state index contributed by atoms with van der Waals surface area (Å²) in [5.74, 6) is 1.74. The highest BCUT2D eigenvalue weighted by atomic mass is 16.2. The Morgan fingerprint density at radius 1 is 1.27 bits per heavy atom. The molecule has 2 aromatic rings. The van der Waals surface area contributed by atoms with E-state index in [9.17, 15) is 4.79 Å². The maximum atomic E-state index is 11.7. The molecule has 0 bridgehead atoms. The fourth-order valence-corrected chi connectivity index (χ4v) is 2.69. The number of benzene rings is 1. The van der Waals surface area contributed by atoms with E-state index in [-0.39, 0.29) is 11.9 Å². The third-order valence-corrected chi connectivity index (χ3v) is 3.75. The smallest absolute Gasteiger partial charge is 0.222 e. The molecule has 1 aliphatic heterocycles. The minimum atomic E-state index is 0.153. The molecule has 1 atom stereocenters. The standard InChI is InChI=1S/C17H20N4O/c1-13(12-21-11-5-8-16(21)22)19-15-9-10-18-17(20-15)14-6-3-2-4-7-14/h2-4,6-7,9-10,13H,5,8,11-12H2,1H3,(H,18,19,20)/t13-/m0/s1. The normalized spacial score (nSPS) is 15.9. The highest BCUT2D eigenvalue weighted by Crippen LogP contribution is 2.16. The zero-order chi connectivity index (χ0) is 15.4. The Hall–Kier alpha value is -2.43. The van der Waals surface area contributed by atoms with Crippen molar-refractivity contribution in [1.29, 1.82) is 0 Å². The fraction of sp³-hybridized carbons (Fsp3) is 0.353. The molecular weight excluding hydrogens is 276 g/mol. The number of carbonyl (C=O) groups excluding carboxylic acids is 1. The molecule has 1 saturated heterocycles. The SMILES string of the molecule is C[C@@H](CN1CCCC1=O)Nc1ccnc(-c2ccccc2)n1. The summed E-state index contributed by atoms with van der Waals surface area (Å²) in [5, 5.41) is 3.35. The molecule has 1 fully saturated rings. The van der Waals surface area contributed by atoms with Crippen LogP contribution in [0.15, 0.2) is 42.6 Å². The van der Waals surface area contributed by atoms with E-state index in [1.165, 1.54) is 0 Å². The number of hydrogen-bond acceptors (Lipinski definition) is 4. The van der Waals surface area contributed by atoms with E-state index in [1.54, 1.807) is 6.20 Å². The Morgan fingerprint density at radius 2 is 2.09 bits per heavy atom. The maximum Gasteiger partial charge on any atom is 0.222 e. The monoisotopic (exact) mass is 296 g/mol. The molecule has 2 heterocycles. The van der Waals surface area contributed by atoms with Gasteiger partial charge in [0.2, 0.25) is 5.91 Å². The average molecular weight is 296 g/mol. The molecule has 0 saturated carbocycles. The third kappa shape index (κ3) is 3.42. The highest BCUT2D eigenvalue weighted by molar-refractivity contribution is 5.78. The number of hydrogen-bond donors (Lipinski definition) is 1. The van der Waals surface area contributed by atoms with Gasteiger partial charge in [0.05, 0.1) is 0 Å². The second-order valence-electron chi connectivity index (χ2n) is 5.62. The van der Waals surface area contributed by atoms with E-state index in [0.717, 1.165) is 24.3 Å². The molecule has 1 aromatic heterocycles. The van der Waals surface area contributed by atoms with E-state index in [1.807, 2.05) is 41.3 Å². The van der Waals surface area contributed by atoms with Crippen LogP contribution in [0.4, 0.5) is 5.82 Å². The zero-order valence-electron chi connectivity index (χ0n) is 12.7. The van der Waals surface area contributed by atoms with Crippen molar-refractivity contribution in [2.45, 2.75) is 25.8 Å². The molecule has 22 heavy (non-hydrogen) atoms. The number of aromatic nitrogens is 2. The van der Waals surface area contributed by atoms with Crippen LogP contribution in [0.1, 0.15) is 19.8 Å². The van der Waals surface area contributed by atoms with Gasteiger partial charge in [-0.15, -0.1) is 0 Å². The summed E-state index contributed by atoms with van der Waals surface area (Å²) in [4.78, 5) is 22.5. The Labute approximate surface area is 130 Å². The molecule has 0 aliphatic carbocycles. The molecule has 0 unspecified atom stereocenters. The second kappa shape index (κ2) is 6.56. The van der Waals surface area contributed by atoms with Crippen LogP contribution in [0, 0.1) is 0 Å². The van der Waals surface area contributed by atoms with Gasteiger partial charge in [-0.1, -0.05) is 30.3 Å². The zero-order valence-corrected chi connectivity index (χ0v) is 12.7. The van der Waals surface area contributed by atoms with Gasteiger partial charge in [-0.05, 0) is 19.4 Å². The van der Waals surface area contributed by atoms with Gasteiger partial charge >= 0.3 is 0 Å². The maximum absolute atomic E-state index is 11.7. The number of rotatable bonds is 5. The van der Waals surface area contributed by atoms with Crippen molar-refractivity contribution in [3.63, 3.8) is 0 Å². The predicted octanol–water partition coefficient (Wildman–Crippen LogP) is 2.57. The first-order chi connectivity index (χ1) is 10.7. The van der Waals surface area contributed by atoms with Gasteiger partial charge in [0.25, 0.3) is 0 Å². The molecule has 1 N–H and O–H groups in total. The molecule has 1 aromatic carbocycles. The molecule has 1 aliphatic rings. The fourth-order valence-electron chi connectivity index (χ4n) is 2.69. The van der Waals surface area contributed by atoms with Gasteiger partial charge in [0.1, 0.15) is 5.82 Å². The minimum Gasteiger partial charge on any atom is -0.366 e. The van der Waals surface area contributed by atoms with Crippen molar-refractivity contribution < 1.29 is 4.79 Å². The van der Waals surface area contributed by atoms with Crippen LogP contribution >= 0.6 is 0 Å². The van der Waals surface area contributed by atoms with Crippen LogP contribution in [-0.2, 0) is 4.79 Å². The first-order valence-corrected chi connectivity index (χ1v) is 7.65. The lowest BCUT2D eigenvalue weighted by Gasteiger charge is -2.22. The van der Waals surface area contributed by atoms with Crippen molar-refractivity contribution in [2.75, 3.05) is 18.4 Å². The quantitative estimate of drug-likeness (QED) is 0.921. The molecular formula is C17H20N4O. The summed E-state index contributed by atoms with van der Waals surface area (Å²) in [6.45, 7) is 3.64. The Balaban J connectivity index is 1.66. The third-order valence-electron chi connectivity index (χ3n) is 3.75. The Morgan fingerprint density at radius 3 is 2.82 bits per heavy atom. The Kier molecular flexibility index (Phi) is 4.32. The van der Waals surface area contributed by atoms with Crippen molar-refractivity contribution in [3.8, 4) is 11.4 Å². The molecule has 114 valence electrons. The second-order valence-corrected chi connectivity index (χ2v) is 5.62.